The highest BCUT2D eigenvalue weighted by Gasteiger charge is 2.21. The molecular formula is C26H37N5O3. The first-order valence-electron chi connectivity index (χ1n) is 12.5. The molecule has 0 unspecified atom stereocenters. The van der Waals surface area contributed by atoms with Crippen molar-refractivity contribution in [1.82, 2.24) is 19.1 Å². The van der Waals surface area contributed by atoms with Crippen LogP contribution in [0.25, 0.3) is 11.2 Å². The monoisotopic (exact) mass is 467 g/mol. The molecule has 8 nitrogen and oxygen atoms in total. The van der Waals surface area contributed by atoms with Crippen LogP contribution in [0.2, 0.25) is 0 Å². The summed E-state index contributed by atoms with van der Waals surface area (Å²) >= 11 is 0. The summed E-state index contributed by atoms with van der Waals surface area (Å²) in [5.41, 5.74) is 1.98. The van der Waals surface area contributed by atoms with Crippen LogP contribution in [-0.4, -0.2) is 31.6 Å². The summed E-state index contributed by atoms with van der Waals surface area (Å²) in [5.74, 6) is 0.697. The number of nitrogens with zero attached hydrogens (tertiary/aromatic N) is 4. The van der Waals surface area contributed by atoms with E-state index in [4.69, 9.17) is 4.98 Å². The minimum atomic E-state index is -0.427. The Kier molecular flexibility index (Phi) is 8.85. The number of rotatable bonds is 12. The second-order valence-electron chi connectivity index (χ2n) is 8.75. The third-order valence-corrected chi connectivity index (χ3v) is 6.27. The third-order valence-electron chi connectivity index (χ3n) is 6.27. The average molecular weight is 468 g/mol. The van der Waals surface area contributed by atoms with Gasteiger partial charge in [0.15, 0.2) is 11.2 Å². The van der Waals surface area contributed by atoms with Gasteiger partial charge in [-0.1, -0.05) is 51.3 Å². The number of aromatic amines is 1. The molecule has 0 radical (unpaired) electrons. The number of hydrogen-bond donors (Lipinski definition) is 1. The van der Waals surface area contributed by atoms with Gasteiger partial charge in [0.2, 0.25) is 5.91 Å². The van der Waals surface area contributed by atoms with Crippen LogP contribution in [0.15, 0.2) is 33.9 Å². The maximum Gasteiger partial charge on any atom is 0.330 e. The van der Waals surface area contributed by atoms with E-state index in [9.17, 15) is 14.4 Å². The van der Waals surface area contributed by atoms with Crippen molar-refractivity contribution >= 4 is 22.8 Å². The molecule has 2 aromatic heterocycles. The van der Waals surface area contributed by atoms with Crippen LogP contribution in [0.3, 0.4) is 0 Å². The number of aryl methyl sites for hydroxylation is 4. The largest absolute Gasteiger partial charge is 0.330 e. The molecule has 0 spiro atoms. The number of imidazole rings is 1. The highest BCUT2D eigenvalue weighted by molar-refractivity contribution is 5.94. The fourth-order valence-corrected chi connectivity index (χ4v) is 4.39. The molecule has 184 valence electrons. The molecule has 0 bridgehead atoms. The minimum Gasteiger partial charge on any atom is -0.322 e. The highest BCUT2D eigenvalue weighted by atomic mass is 16.2. The lowest BCUT2D eigenvalue weighted by atomic mass is 10.1. The highest BCUT2D eigenvalue weighted by Crippen LogP contribution is 2.21. The standard InChI is InChI=1S/C26H37N5O3/c1-5-8-12-18-30-21(15-16-22(32)29(7-3)20-14-11-10-13-19(20)4)27-24-23(30)25(33)28-26(34)31(24)17-9-6-2/h10-11,13-14H,5-9,12,15-18H2,1-4H3,(H,28,33,34). The van der Waals surface area contributed by atoms with E-state index in [-0.39, 0.29) is 12.3 Å². The lowest BCUT2D eigenvalue weighted by Gasteiger charge is -2.23. The Morgan fingerprint density at radius 2 is 1.71 bits per heavy atom. The Morgan fingerprint density at radius 3 is 2.38 bits per heavy atom. The summed E-state index contributed by atoms with van der Waals surface area (Å²) in [4.78, 5) is 47.5. The number of anilines is 1. The summed E-state index contributed by atoms with van der Waals surface area (Å²) in [6, 6.07) is 7.86. The van der Waals surface area contributed by atoms with Gasteiger partial charge < -0.3 is 9.47 Å². The molecule has 3 aromatic rings. The fraction of sp³-hybridized carbons (Fsp3) is 0.538. The summed E-state index contributed by atoms with van der Waals surface area (Å²) < 4.78 is 3.48. The number of nitrogens with one attached hydrogen (secondary N) is 1. The Labute approximate surface area is 200 Å². The smallest absolute Gasteiger partial charge is 0.322 e. The topological polar surface area (TPSA) is 93.0 Å². The van der Waals surface area contributed by atoms with E-state index in [1.807, 2.05) is 42.7 Å². The summed E-state index contributed by atoms with van der Waals surface area (Å²) in [6.07, 6.45) is 5.42. The number of carbonyl (C=O) groups excluding carboxylic acids is 1. The molecular weight excluding hydrogens is 430 g/mol. The van der Waals surface area contributed by atoms with Crippen molar-refractivity contribution < 1.29 is 4.79 Å². The van der Waals surface area contributed by atoms with E-state index in [1.54, 1.807) is 9.47 Å². The Bertz CT molecular complexity index is 1240. The zero-order valence-corrected chi connectivity index (χ0v) is 20.9. The molecule has 0 saturated heterocycles. The Morgan fingerprint density at radius 1 is 1.00 bits per heavy atom. The predicted octanol–water partition coefficient (Wildman–Crippen LogP) is 4.17. The zero-order valence-electron chi connectivity index (χ0n) is 20.9. The number of para-hydroxylation sites is 1. The van der Waals surface area contributed by atoms with Gasteiger partial charge in [0.25, 0.3) is 5.56 Å². The van der Waals surface area contributed by atoms with Crippen molar-refractivity contribution in [3.05, 3.63) is 56.5 Å². The lowest BCUT2D eigenvalue weighted by molar-refractivity contribution is -0.118. The number of hydrogen-bond acceptors (Lipinski definition) is 4. The molecule has 0 fully saturated rings. The number of carbonyl (C=O) groups is 1. The van der Waals surface area contributed by atoms with Crippen LogP contribution in [0.1, 0.15) is 70.7 Å². The first-order chi connectivity index (χ1) is 16.4. The number of benzene rings is 1. The van der Waals surface area contributed by atoms with Gasteiger partial charge in [-0.2, -0.15) is 0 Å². The van der Waals surface area contributed by atoms with E-state index in [0.717, 1.165) is 43.4 Å². The van der Waals surface area contributed by atoms with Crippen molar-refractivity contribution in [3.63, 3.8) is 0 Å². The predicted molar refractivity (Wildman–Crippen MR) is 137 cm³/mol. The average Bonchev–Trinajstić information content (AvgIpc) is 3.18. The van der Waals surface area contributed by atoms with Crippen molar-refractivity contribution in [2.75, 3.05) is 11.4 Å². The molecule has 0 aliphatic rings. The molecule has 1 N–H and O–H groups in total. The molecule has 0 aliphatic carbocycles. The van der Waals surface area contributed by atoms with Crippen molar-refractivity contribution in [1.29, 1.82) is 0 Å². The number of aromatic nitrogens is 4. The van der Waals surface area contributed by atoms with Gasteiger partial charge in [0.05, 0.1) is 0 Å². The first kappa shape index (κ1) is 25.5. The van der Waals surface area contributed by atoms with E-state index in [1.165, 1.54) is 0 Å². The van der Waals surface area contributed by atoms with Crippen LogP contribution >= 0.6 is 0 Å². The second-order valence-corrected chi connectivity index (χ2v) is 8.75. The van der Waals surface area contributed by atoms with Gasteiger partial charge in [-0.25, -0.2) is 9.78 Å². The molecule has 3 rings (SSSR count). The number of fused-ring (bicyclic) bond motifs is 1. The Hall–Kier alpha value is -3.16. The molecule has 0 saturated carbocycles. The van der Waals surface area contributed by atoms with Gasteiger partial charge in [0.1, 0.15) is 5.82 Å². The van der Waals surface area contributed by atoms with Crippen molar-refractivity contribution in [3.8, 4) is 0 Å². The van der Waals surface area contributed by atoms with Crippen LogP contribution in [0.4, 0.5) is 5.69 Å². The van der Waals surface area contributed by atoms with E-state index >= 15 is 0 Å². The van der Waals surface area contributed by atoms with Crippen LogP contribution < -0.4 is 16.1 Å². The van der Waals surface area contributed by atoms with Gasteiger partial charge in [-0.3, -0.25) is 19.1 Å². The normalized spacial score (nSPS) is 11.3. The van der Waals surface area contributed by atoms with Crippen molar-refractivity contribution in [2.45, 2.75) is 85.7 Å². The third kappa shape index (κ3) is 5.48. The Balaban J connectivity index is 1.96. The second kappa shape index (κ2) is 11.8. The van der Waals surface area contributed by atoms with Crippen LogP contribution in [0.5, 0.6) is 0 Å². The first-order valence-corrected chi connectivity index (χ1v) is 12.5. The van der Waals surface area contributed by atoms with E-state index < -0.39 is 11.2 Å². The maximum absolute atomic E-state index is 13.2. The summed E-state index contributed by atoms with van der Waals surface area (Å²) in [5, 5.41) is 0. The molecule has 1 aromatic carbocycles. The van der Waals surface area contributed by atoms with E-state index in [2.05, 4.69) is 18.8 Å². The number of unbranched alkanes of at least 4 members (excludes halogenated alkanes) is 3. The van der Waals surface area contributed by atoms with Crippen LogP contribution in [-0.2, 0) is 24.3 Å². The molecule has 0 aliphatic heterocycles. The quantitative estimate of drug-likeness (QED) is 0.405. The molecule has 0 atom stereocenters. The van der Waals surface area contributed by atoms with E-state index in [0.29, 0.717) is 43.0 Å². The maximum atomic E-state index is 13.2. The number of H-pyrrole nitrogens is 1. The van der Waals surface area contributed by atoms with Crippen molar-refractivity contribution in [2.24, 2.45) is 0 Å². The van der Waals surface area contributed by atoms with Gasteiger partial charge >= 0.3 is 5.69 Å². The molecule has 34 heavy (non-hydrogen) atoms. The zero-order chi connectivity index (χ0) is 24.7. The van der Waals surface area contributed by atoms with Gasteiger partial charge in [-0.15, -0.1) is 0 Å². The SMILES string of the molecule is CCCCCn1c(CCC(=O)N(CC)c2ccccc2C)nc2c1c(=O)[nH]c(=O)n2CCCC. The lowest BCUT2D eigenvalue weighted by Crippen LogP contribution is -2.31. The summed E-state index contributed by atoms with van der Waals surface area (Å²) in [7, 11) is 0. The summed E-state index contributed by atoms with van der Waals surface area (Å²) in [6.45, 7) is 9.87. The molecule has 2 heterocycles. The van der Waals surface area contributed by atoms with Gasteiger partial charge in [-0.05, 0) is 38.3 Å². The molecule has 8 heteroatoms. The minimum absolute atomic E-state index is 0.0150. The fourth-order valence-electron chi connectivity index (χ4n) is 4.39. The number of amides is 1. The van der Waals surface area contributed by atoms with Crippen LogP contribution in [0, 0.1) is 6.92 Å². The van der Waals surface area contributed by atoms with Gasteiger partial charge in [0, 0.05) is 38.2 Å². The molecule has 1 amide bonds.